The van der Waals surface area contributed by atoms with E-state index in [2.05, 4.69) is 5.10 Å². The van der Waals surface area contributed by atoms with Crippen LogP contribution in [0.3, 0.4) is 0 Å². The number of nitrogens with zero attached hydrogens (tertiary/aromatic N) is 2. The summed E-state index contributed by atoms with van der Waals surface area (Å²) in [5, 5.41) is 13.7. The van der Waals surface area contributed by atoms with Crippen LogP contribution in [0.25, 0.3) is 5.69 Å². The van der Waals surface area contributed by atoms with Gasteiger partial charge in [-0.1, -0.05) is 6.07 Å². The Morgan fingerprint density at radius 3 is 2.89 bits per heavy atom. The molecule has 18 heavy (non-hydrogen) atoms. The van der Waals surface area contributed by atoms with Crippen molar-refractivity contribution in [3.05, 3.63) is 41.7 Å². The lowest BCUT2D eigenvalue weighted by atomic mass is 10.3. The molecule has 0 fully saturated rings. The first-order chi connectivity index (χ1) is 8.61. The molecule has 0 unspecified atom stereocenters. The molecule has 1 aromatic carbocycles. The number of aromatic nitrogens is 2. The number of benzene rings is 1. The number of ether oxygens (including phenoxy) is 1. The first kappa shape index (κ1) is 12.2. The van der Waals surface area contributed by atoms with Crippen LogP contribution in [0, 0.1) is 6.92 Å². The average molecular weight is 246 g/mol. The molecule has 0 amide bonds. The molecule has 1 aromatic heterocycles. The number of phenolic OH excluding ortho intramolecular Hbond substituents is 1. The zero-order valence-electron chi connectivity index (χ0n) is 10.3. The molecule has 0 aliphatic carbocycles. The Labute approximate surface area is 105 Å². The van der Waals surface area contributed by atoms with Gasteiger partial charge in [0.15, 0.2) is 5.69 Å². The Balaban J connectivity index is 2.47. The van der Waals surface area contributed by atoms with Crippen molar-refractivity contribution in [3.8, 4) is 11.4 Å². The molecule has 5 heteroatoms. The molecule has 0 spiro atoms. The van der Waals surface area contributed by atoms with E-state index in [1.807, 2.05) is 0 Å². The lowest BCUT2D eigenvalue weighted by molar-refractivity contribution is 0.0515. The number of hydrogen-bond acceptors (Lipinski definition) is 4. The normalized spacial score (nSPS) is 10.3. The van der Waals surface area contributed by atoms with Gasteiger partial charge in [0.1, 0.15) is 5.75 Å². The maximum absolute atomic E-state index is 11.8. The molecule has 2 aromatic rings. The van der Waals surface area contributed by atoms with Crippen molar-refractivity contribution < 1.29 is 14.6 Å². The van der Waals surface area contributed by atoms with E-state index in [9.17, 15) is 9.90 Å². The molecule has 2 rings (SSSR count). The number of phenols is 1. The van der Waals surface area contributed by atoms with Crippen LogP contribution in [0.2, 0.25) is 0 Å². The lowest BCUT2D eigenvalue weighted by Gasteiger charge is -2.06. The highest BCUT2D eigenvalue weighted by atomic mass is 16.5. The number of carbonyl (C=O) groups is 1. The second kappa shape index (κ2) is 4.91. The first-order valence-electron chi connectivity index (χ1n) is 5.65. The van der Waals surface area contributed by atoms with Crippen LogP contribution in [0.5, 0.6) is 5.75 Å². The third kappa shape index (κ3) is 2.34. The Bertz CT molecular complexity index is 575. The van der Waals surface area contributed by atoms with E-state index in [0.29, 0.717) is 23.7 Å². The van der Waals surface area contributed by atoms with Crippen molar-refractivity contribution in [1.29, 1.82) is 0 Å². The summed E-state index contributed by atoms with van der Waals surface area (Å²) in [6.45, 7) is 3.85. The summed E-state index contributed by atoms with van der Waals surface area (Å²) < 4.78 is 6.44. The molecule has 0 aliphatic heterocycles. The van der Waals surface area contributed by atoms with Crippen LogP contribution in [-0.4, -0.2) is 27.5 Å². The number of rotatable bonds is 3. The van der Waals surface area contributed by atoms with Crippen molar-refractivity contribution in [2.45, 2.75) is 13.8 Å². The number of esters is 1. The third-order valence-electron chi connectivity index (χ3n) is 2.39. The van der Waals surface area contributed by atoms with Gasteiger partial charge >= 0.3 is 5.97 Å². The molecule has 94 valence electrons. The van der Waals surface area contributed by atoms with Crippen LogP contribution in [0.1, 0.15) is 23.1 Å². The molecule has 1 heterocycles. The predicted octanol–water partition coefficient (Wildman–Crippen LogP) is 2.06. The van der Waals surface area contributed by atoms with Gasteiger partial charge in [0.05, 0.1) is 18.0 Å². The molecule has 0 aliphatic rings. The SMILES string of the molecule is CCOC(=O)c1cc(C)nn1-c1cccc(O)c1. The van der Waals surface area contributed by atoms with Crippen LogP contribution in [-0.2, 0) is 4.74 Å². The third-order valence-corrected chi connectivity index (χ3v) is 2.39. The van der Waals surface area contributed by atoms with Gasteiger partial charge in [-0.25, -0.2) is 9.48 Å². The summed E-state index contributed by atoms with van der Waals surface area (Å²) >= 11 is 0. The summed E-state index contributed by atoms with van der Waals surface area (Å²) in [6.07, 6.45) is 0. The van der Waals surface area contributed by atoms with E-state index < -0.39 is 5.97 Å². The molecule has 0 bridgehead atoms. The minimum absolute atomic E-state index is 0.121. The van der Waals surface area contributed by atoms with Crippen molar-refractivity contribution in [1.82, 2.24) is 9.78 Å². The second-order valence-corrected chi connectivity index (χ2v) is 3.82. The maximum atomic E-state index is 11.8. The van der Waals surface area contributed by atoms with Gasteiger partial charge in [-0.05, 0) is 32.0 Å². The Morgan fingerprint density at radius 1 is 1.44 bits per heavy atom. The van der Waals surface area contributed by atoms with Crippen molar-refractivity contribution in [3.63, 3.8) is 0 Å². The zero-order valence-corrected chi connectivity index (χ0v) is 10.3. The van der Waals surface area contributed by atoms with Crippen molar-refractivity contribution in [2.75, 3.05) is 6.61 Å². The van der Waals surface area contributed by atoms with Gasteiger partial charge in [-0.3, -0.25) is 0 Å². The van der Waals surface area contributed by atoms with Gasteiger partial charge < -0.3 is 9.84 Å². The van der Waals surface area contributed by atoms with Crippen LogP contribution in [0.15, 0.2) is 30.3 Å². The van der Waals surface area contributed by atoms with Gasteiger partial charge in [-0.15, -0.1) is 0 Å². The maximum Gasteiger partial charge on any atom is 0.357 e. The van der Waals surface area contributed by atoms with E-state index in [-0.39, 0.29) is 5.75 Å². The van der Waals surface area contributed by atoms with Gasteiger partial charge in [-0.2, -0.15) is 5.10 Å². The van der Waals surface area contributed by atoms with Crippen LogP contribution >= 0.6 is 0 Å². The second-order valence-electron chi connectivity index (χ2n) is 3.82. The molecule has 0 saturated carbocycles. The van der Waals surface area contributed by atoms with E-state index in [4.69, 9.17) is 4.74 Å². The van der Waals surface area contributed by atoms with Crippen LogP contribution < -0.4 is 0 Å². The highest BCUT2D eigenvalue weighted by Gasteiger charge is 2.16. The monoisotopic (exact) mass is 246 g/mol. The molecular formula is C13H14N2O3. The standard InChI is InChI=1S/C13H14N2O3/c1-3-18-13(17)12-7-9(2)14-15(12)10-5-4-6-11(16)8-10/h4-8,16H,3H2,1-2H3. The zero-order chi connectivity index (χ0) is 13.1. The number of aryl methyl sites for hydroxylation is 1. The highest BCUT2D eigenvalue weighted by Crippen LogP contribution is 2.18. The van der Waals surface area contributed by atoms with Crippen molar-refractivity contribution in [2.24, 2.45) is 0 Å². The quantitative estimate of drug-likeness (QED) is 0.842. The summed E-state index contributed by atoms with van der Waals surface area (Å²) in [5.41, 5.74) is 1.67. The fraction of sp³-hybridized carbons (Fsp3) is 0.231. The largest absolute Gasteiger partial charge is 0.508 e. The summed E-state index contributed by atoms with van der Waals surface area (Å²) in [7, 11) is 0. The summed E-state index contributed by atoms with van der Waals surface area (Å²) in [5.74, 6) is -0.308. The molecular weight excluding hydrogens is 232 g/mol. The molecule has 5 nitrogen and oxygen atoms in total. The fourth-order valence-electron chi connectivity index (χ4n) is 1.67. The smallest absolute Gasteiger partial charge is 0.357 e. The fourth-order valence-corrected chi connectivity index (χ4v) is 1.67. The van der Waals surface area contributed by atoms with Gasteiger partial charge in [0.25, 0.3) is 0 Å². The Hall–Kier alpha value is -2.30. The molecule has 0 atom stereocenters. The Morgan fingerprint density at radius 2 is 2.22 bits per heavy atom. The minimum Gasteiger partial charge on any atom is -0.508 e. The van der Waals surface area contributed by atoms with Gasteiger partial charge in [0.2, 0.25) is 0 Å². The van der Waals surface area contributed by atoms with E-state index >= 15 is 0 Å². The predicted molar refractivity (Wildman–Crippen MR) is 65.9 cm³/mol. The molecule has 0 radical (unpaired) electrons. The van der Waals surface area contributed by atoms with E-state index in [0.717, 1.165) is 0 Å². The van der Waals surface area contributed by atoms with Gasteiger partial charge in [0, 0.05) is 6.07 Å². The lowest BCUT2D eigenvalue weighted by Crippen LogP contribution is -2.11. The van der Waals surface area contributed by atoms with Crippen molar-refractivity contribution >= 4 is 5.97 Å². The highest BCUT2D eigenvalue weighted by molar-refractivity contribution is 5.88. The summed E-state index contributed by atoms with van der Waals surface area (Å²) in [6, 6.07) is 8.20. The number of carbonyl (C=O) groups excluding carboxylic acids is 1. The topological polar surface area (TPSA) is 64.3 Å². The number of aromatic hydroxyl groups is 1. The molecule has 0 saturated heterocycles. The van der Waals surface area contributed by atoms with Crippen LogP contribution in [0.4, 0.5) is 0 Å². The van der Waals surface area contributed by atoms with E-state index in [1.165, 1.54) is 10.7 Å². The van der Waals surface area contributed by atoms with E-state index in [1.54, 1.807) is 38.1 Å². The minimum atomic E-state index is -0.429. The first-order valence-corrected chi connectivity index (χ1v) is 5.65. The number of hydrogen-bond donors (Lipinski definition) is 1. The summed E-state index contributed by atoms with van der Waals surface area (Å²) in [4.78, 5) is 11.8. The molecule has 1 N–H and O–H groups in total. The average Bonchev–Trinajstić information content (AvgIpc) is 2.72. The Kier molecular flexibility index (Phi) is 3.32.